The molecule has 0 unspecified atom stereocenters. The lowest BCUT2D eigenvalue weighted by atomic mass is 10.3. The molecule has 0 spiro atoms. The van der Waals surface area contributed by atoms with Crippen LogP contribution in [-0.2, 0) is 21.4 Å². The molecule has 4 heterocycles. The summed E-state index contributed by atoms with van der Waals surface area (Å²) in [5.74, 6) is 2.18. The lowest BCUT2D eigenvalue weighted by Crippen LogP contribution is -2.17. The standard InChI is InChI=1S/C22H26N8O4S/c1-14(2)30-18-9-20(24-11-17(18)26-21(30)13-34-8-7-31)27-19-5-6-23-22(28-19)15-10-25-29(12-15)35(32,33)16-3-4-16/h5-6,9-12,14,16,31H,3-4,7-8,13H2,1-2H3,(H,23,24,27,28). The van der Waals surface area contributed by atoms with Gasteiger partial charge in [-0.25, -0.2) is 28.4 Å². The molecule has 35 heavy (non-hydrogen) atoms. The van der Waals surface area contributed by atoms with E-state index >= 15 is 0 Å². The van der Waals surface area contributed by atoms with Gasteiger partial charge in [0.05, 0.1) is 48.1 Å². The summed E-state index contributed by atoms with van der Waals surface area (Å²) >= 11 is 0. The second-order valence-corrected chi connectivity index (χ2v) is 10.6. The molecule has 0 bridgehead atoms. The number of fused-ring (bicyclic) bond motifs is 1. The second-order valence-electron chi connectivity index (χ2n) is 8.56. The average Bonchev–Trinajstić information content (AvgIpc) is 3.46. The van der Waals surface area contributed by atoms with E-state index in [1.807, 2.05) is 6.07 Å². The van der Waals surface area contributed by atoms with Crippen LogP contribution in [0.1, 0.15) is 38.6 Å². The highest BCUT2D eigenvalue weighted by Gasteiger charge is 2.37. The smallest absolute Gasteiger partial charge is 0.256 e. The minimum Gasteiger partial charge on any atom is -0.394 e. The van der Waals surface area contributed by atoms with Gasteiger partial charge >= 0.3 is 0 Å². The Kier molecular flexibility index (Phi) is 6.21. The number of ether oxygens (including phenoxy) is 1. The van der Waals surface area contributed by atoms with Crippen LogP contribution >= 0.6 is 0 Å². The lowest BCUT2D eigenvalue weighted by Gasteiger charge is -2.13. The maximum absolute atomic E-state index is 12.4. The molecule has 1 aliphatic rings. The van der Waals surface area contributed by atoms with E-state index in [1.165, 1.54) is 12.4 Å². The van der Waals surface area contributed by atoms with Gasteiger partial charge < -0.3 is 19.7 Å². The Balaban J connectivity index is 1.40. The van der Waals surface area contributed by atoms with Gasteiger partial charge in [-0.1, -0.05) is 0 Å². The Morgan fingerprint density at radius 1 is 1.20 bits per heavy atom. The van der Waals surface area contributed by atoms with Crippen LogP contribution in [0.15, 0.2) is 36.9 Å². The van der Waals surface area contributed by atoms with Crippen molar-refractivity contribution in [2.45, 2.75) is 44.6 Å². The Labute approximate surface area is 202 Å². The molecule has 0 amide bonds. The van der Waals surface area contributed by atoms with E-state index in [9.17, 15) is 8.42 Å². The van der Waals surface area contributed by atoms with Crippen LogP contribution in [0.4, 0.5) is 11.6 Å². The number of rotatable bonds is 10. The van der Waals surface area contributed by atoms with E-state index in [0.29, 0.717) is 35.9 Å². The van der Waals surface area contributed by atoms with Gasteiger partial charge in [0, 0.05) is 18.3 Å². The van der Waals surface area contributed by atoms with Gasteiger partial charge in [-0.3, -0.25) is 0 Å². The van der Waals surface area contributed by atoms with Crippen LogP contribution in [0.5, 0.6) is 0 Å². The SMILES string of the molecule is CC(C)n1c(COCCO)nc2cnc(Nc3ccnc(-c4cnn(S(=O)(=O)C5CC5)c4)n3)cc21. The van der Waals surface area contributed by atoms with Crippen molar-refractivity contribution in [2.24, 2.45) is 0 Å². The number of aliphatic hydroxyl groups is 1. The zero-order valence-electron chi connectivity index (χ0n) is 19.4. The van der Waals surface area contributed by atoms with Crippen LogP contribution in [0, 0.1) is 0 Å². The maximum Gasteiger partial charge on any atom is 0.256 e. The highest BCUT2D eigenvalue weighted by atomic mass is 32.2. The zero-order chi connectivity index (χ0) is 24.6. The molecule has 0 aromatic carbocycles. The summed E-state index contributed by atoms with van der Waals surface area (Å²) < 4.78 is 33.4. The van der Waals surface area contributed by atoms with E-state index in [2.05, 4.69) is 48.8 Å². The summed E-state index contributed by atoms with van der Waals surface area (Å²) in [6.07, 6.45) is 7.49. The molecule has 2 N–H and O–H groups in total. The first kappa shape index (κ1) is 23.3. The fraction of sp³-hybridized carbons (Fsp3) is 0.409. The second kappa shape index (κ2) is 9.32. The highest BCUT2D eigenvalue weighted by molar-refractivity contribution is 7.90. The first-order valence-corrected chi connectivity index (χ1v) is 12.8. The number of nitrogens with one attached hydrogen (secondary N) is 1. The monoisotopic (exact) mass is 498 g/mol. The highest BCUT2D eigenvalue weighted by Crippen LogP contribution is 2.30. The van der Waals surface area contributed by atoms with Crippen LogP contribution in [-0.4, -0.2) is 65.7 Å². The number of anilines is 2. The van der Waals surface area contributed by atoms with Crippen molar-refractivity contribution < 1.29 is 18.3 Å². The molecule has 0 radical (unpaired) electrons. The van der Waals surface area contributed by atoms with Crippen molar-refractivity contribution >= 4 is 32.7 Å². The molecule has 13 heteroatoms. The van der Waals surface area contributed by atoms with Crippen LogP contribution in [0.2, 0.25) is 0 Å². The molecule has 4 aromatic rings. The number of aliphatic hydroxyl groups excluding tert-OH is 1. The van der Waals surface area contributed by atoms with E-state index in [-0.39, 0.29) is 31.1 Å². The molecule has 184 valence electrons. The lowest BCUT2D eigenvalue weighted by molar-refractivity contribution is 0.0758. The molecule has 1 fully saturated rings. The zero-order valence-corrected chi connectivity index (χ0v) is 20.2. The Morgan fingerprint density at radius 3 is 2.77 bits per heavy atom. The van der Waals surface area contributed by atoms with E-state index in [1.54, 1.807) is 18.5 Å². The van der Waals surface area contributed by atoms with Crippen molar-refractivity contribution in [3.8, 4) is 11.4 Å². The minimum atomic E-state index is -3.45. The van der Waals surface area contributed by atoms with Gasteiger partial charge in [-0.05, 0) is 32.8 Å². The Morgan fingerprint density at radius 2 is 2.03 bits per heavy atom. The molecule has 4 aromatic heterocycles. The summed E-state index contributed by atoms with van der Waals surface area (Å²) in [6, 6.07) is 3.73. The first-order chi connectivity index (χ1) is 16.9. The summed E-state index contributed by atoms with van der Waals surface area (Å²) in [6.45, 7) is 4.61. The summed E-state index contributed by atoms with van der Waals surface area (Å²) in [7, 11) is -3.45. The number of hydrogen-bond acceptors (Lipinski definition) is 10. The number of pyridine rings is 1. The summed E-state index contributed by atoms with van der Waals surface area (Å²) in [4.78, 5) is 17.9. The van der Waals surface area contributed by atoms with Gasteiger partial charge in [-0.15, -0.1) is 0 Å². The minimum absolute atomic E-state index is 0.0461. The molecular formula is C22H26N8O4S. The molecule has 0 aliphatic heterocycles. The topological polar surface area (TPSA) is 150 Å². The maximum atomic E-state index is 12.4. The van der Waals surface area contributed by atoms with Crippen molar-refractivity contribution in [1.82, 2.24) is 33.7 Å². The molecule has 0 atom stereocenters. The first-order valence-electron chi connectivity index (χ1n) is 11.3. The number of nitrogens with zero attached hydrogens (tertiary/aromatic N) is 7. The third kappa shape index (κ3) is 4.74. The van der Waals surface area contributed by atoms with Gasteiger partial charge in [0.2, 0.25) is 0 Å². The molecular weight excluding hydrogens is 472 g/mol. The summed E-state index contributed by atoms with van der Waals surface area (Å²) in [5, 5.41) is 15.8. The van der Waals surface area contributed by atoms with E-state index in [4.69, 9.17) is 9.84 Å². The number of imidazole rings is 1. The normalized spacial score (nSPS) is 14.2. The Hall–Kier alpha value is -3.42. The van der Waals surface area contributed by atoms with Gasteiger partial charge in [0.1, 0.15) is 29.6 Å². The van der Waals surface area contributed by atoms with Crippen molar-refractivity contribution in [3.63, 3.8) is 0 Å². The number of aromatic nitrogens is 7. The third-order valence-electron chi connectivity index (χ3n) is 5.57. The fourth-order valence-corrected chi connectivity index (χ4v) is 5.28. The van der Waals surface area contributed by atoms with Gasteiger partial charge in [0.25, 0.3) is 10.0 Å². The van der Waals surface area contributed by atoms with Crippen LogP contribution in [0.25, 0.3) is 22.4 Å². The van der Waals surface area contributed by atoms with Crippen molar-refractivity contribution in [3.05, 3.63) is 42.7 Å². The Bertz CT molecular complexity index is 1460. The predicted octanol–water partition coefficient (Wildman–Crippen LogP) is 2.26. The van der Waals surface area contributed by atoms with Gasteiger partial charge in [-0.2, -0.15) is 9.19 Å². The molecule has 12 nitrogen and oxygen atoms in total. The quantitative estimate of drug-likeness (QED) is 0.312. The third-order valence-corrected chi connectivity index (χ3v) is 7.60. The van der Waals surface area contributed by atoms with E-state index in [0.717, 1.165) is 20.9 Å². The largest absolute Gasteiger partial charge is 0.394 e. The van der Waals surface area contributed by atoms with Crippen LogP contribution < -0.4 is 5.32 Å². The molecule has 5 rings (SSSR count). The van der Waals surface area contributed by atoms with E-state index < -0.39 is 10.0 Å². The number of hydrogen-bond donors (Lipinski definition) is 2. The van der Waals surface area contributed by atoms with Gasteiger partial charge in [0.15, 0.2) is 5.82 Å². The van der Waals surface area contributed by atoms with Crippen molar-refractivity contribution in [2.75, 3.05) is 18.5 Å². The van der Waals surface area contributed by atoms with Crippen LogP contribution in [0.3, 0.4) is 0 Å². The molecule has 1 saturated carbocycles. The molecule has 1 aliphatic carbocycles. The molecule has 0 saturated heterocycles. The summed E-state index contributed by atoms with van der Waals surface area (Å²) in [5.41, 5.74) is 2.13. The fourth-order valence-electron chi connectivity index (χ4n) is 3.80. The average molecular weight is 499 g/mol. The van der Waals surface area contributed by atoms with Crippen molar-refractivity contribution in [1.29, 1.82) is 0 Å². The predicted molar refractivity (Wildman–Crippen MR) is 129 cm³/mol.